The standard InChI is InChI=1S/C15H22N2O3/c1-12-3-2-4-13(9-12)14(18)10-16-15(19)11-17-5-7-20-8-6-17/h2-4,9,14,18H,5-8,10-11H2,1H3,(H,16,19). The van der Waals surface area contributed by atoms with E-state index in [9.17, 15) is 9.90 Å². The van der Waals surface area contributed by atoms with Crippen LogP contribution < -0.4 is 5.32 Å². The van der Waals surface area contributed by atoms with Crippen molar-refractivity contribution < 1.29 is 14.6 Å². The highest BCUT2D eigenvalue weighted by Crippen LogP contribution is 2.13. The minimum absolute atomic E-state index is 0.0568. The first-order valence-corrected chi connectivity index (χ1v) is 6.96. The molecule has 1 aromatic rings. The van der Waals surface area contributed by atoms with Gasteiger partial charge in [0.1, 0.15) is 0 Å². The van der Waals surface area contributed by atoms with Gasteiger partial charge < -0.3 is 15.2 Å². The number of hydrogen-bond donors (Lipinski definition) is 2. The molecule has 1 saturated heterocycles. The van der Waals surface area contributed by atoms with Crippen molar-refractivity contribution in [3.05, 3.63) is 35.4 Å². The molecule has 0 bridgehead atoms. The summed E-state index contributed by atoms with van der Waals surface area (Å²) in [7, 11) is 0. The van der Waals surface area contributed by atoms with Gasteiger partial charge in [-0.15, -0.1) is 0 Å². The Hall–Kier alpha value is -1.43. The third kappa shape index (κ3) is 4.59. The summed E-state index contributed by atoms with van der Waals surface area (Å²) < 4.78 is 5.24. The number of hydrogen-bond acceptors (Lipinski definition) is 4. The van der Waals surface area contributed by atoms with Crippen molar-refractivity contribution in [2.24, 2.45) is 0 Å². The summed E-state index contributed by atoms with van der Waals surface area (Å²) in [5.41, 5.74) is 1.93. The maximum absolute atomic E-state index is 11.8. The number of amides is 1. The smallest absolute Gasteiger partial charge is 0.234 e. The molecule has 0 spiro atoms. The normalized spacial score (nSPS) is 17.7. The van der Waals surface area contributed by atoms with Crippen LogP contribution in [0.5, 0.6) is 0 Å². The molecule has 1 aliphatic rings. The van der Waals surface area contributed by atoms with Crippen LogP contribution in [0.1, 0.15) is 17.2 Å². The Morgan fingerprint density at radius 3 is 2.90 bits per heavy atom. The number of rotatable bonds is 5. The molecule has 1 fully saturated rings. The van der Waals surface area contributed by atoms with E-state index in [4.69, 9.17) is 4.74 Å². The van der Waals surface area contributed by atoms with E-state index < -0.39 is 6.10 Å². The van der Waals surface area contributed by atoms with Gasteiger partial charge in [0.05, 0.1) is 25.9 Å². The number of carbonyl (C=O) groups is 1. The second kappa shape index (κ2) is 7.38. The van der Waals surface area contributed by atoms with Gasteiger partial charge in [-0.3, -0.25) is 9.69 Å². The van der Waals surface area contributed by atoms with E-state index in [1.54, 1.807) is 0 Å². The zero-order chi connectivity index (χ0) is 14.4. The summed E-state index contributed by atoms with van der Waals surface area (Å²) >= 11 is 0. The van der Waals surface area contributed by atoms with Crippen LogP contribution in [0.4, 0.5) is 0 Å². The Bertz CT molecular complexity index is 444. The van der Waals surface area contributed by atoms with Crippen molar-refractivity contribution in [3.63, 3.8) is 0 Å². The highest BCUT2D eigenvalue weighted by Gasteiger charge is 2.15. The molecule has 2 rings (SSSR count). The molecule has 20 heavy (non-hydrogen) atoms. The highest BCUT2D eigenvalue weighted by atomic mass is 16.5. The van der Waals surface area contributed by atoms with Gasteiger partial charge in [-0.05, 0) is 12.5 Å². The number of nitrogens with zero attached hydrogens (tertiary/aromatic N) is 1. The maximum atomic E-state index is 11.8. The van der Waals surface area contributed by atoms with Crippen molar-refractivity contribution in [3.8, 4) is 0 Å². The van der Waals surface area contributed by atoms with Gasteiger partial charge in [-0.1, -0.05) is 29.8 Å². The van der Waals surface area contributed by atoms with E-state index in [0.717, 1.165) is 24.2 Å². The third-order valence-electron chi connectivity index (χ3n) is 3.39. The molecule has 1 heterocycles. The van der Waals surface area contributed by atoms with Crippen molar-refractivity contribution in [2.45, 2.75) is 13.0 Å². The average molecular weight is 278 g/mol. The Labute approximate surface area is 119 Å². The Kier molecular flexibility index (Phi) is 5.52. The lowest BCUT2D eigenvalue weighted by molar-refractivity contribution is -0.123. The van der Waals surface area contributed by atoms with Gasteiger partial charge >= 0.3 is 0 Å². The predicted octanol–water partition coefficient (Wildman–Crippen LogP) is 0.477. The highest BCUT2D eigenvalue weighted by molar-refractivity contribution is 5.78. The molecule has 0 aromatic heterocycles. The van der Waals surface area contributed by atoms with Gasteiger partial charge in [0, 0.05) is 19.6 Å². The molecule has 1 unspecified atom stereocenters. The van der Waals surface area contributed by atoms with Gasteiger partial charge in [-0.2, -0.15) is 0 Å². The largest absolute Gasteiger partial charge is 0.387 e. The molecule has 0 saturated carbocycles. The predicted molar refractivity (Wildman–Crippen MR) is 76.4 cm³/mol. The van der Waals surface area contributed by atoms with E-state index in [0.29, 0.717) is 19.8 Å². The van der Waals surface area contributed by atoms with Gasteiger partial charge in [0.15, 0.2) is 0 Å². The van der Waals surface area contributed by atoms with E-state index in [1.165, 1.54) is 0 Å². The Morgan fingerprint density at radius 2 is 2.20 bits per heavy atom. The maximum Gasteiger partial charge on any atom is 0.234 e. The fourth-order valence-corrected chi connectivity index (χ4v) is 2.22. The molecule has 2 N–H and O–H groups in total. The molecule has 1 aromatic carbocycles. The van der Waals surface area contributed by atoms with Crippen molar-refractivity contribution in [2.75, 3.05) is 39.4 Å². The second-order valence-electron chi connectivity index (χ2n) is 5.12. The number of carbonyl (C=O) groups excluding carboxylic acids is 1. The first-order valence-electron chi connectivity index (χ1n) is 6.96. The zero-order valence-electron chi connectivity index (χ0n) is 11.8. The minimum Gasteiger partial charge on any atom is -0.387 e. The van der Waals surface area contributed by atoms with Gasteiger partial charge in [-0.25, -0.2) is 0 Å². The van der Waals surface area contributed by atoms with E-state index in [2.05, 4.69) is 10.2 Å². The molecule has 1 atom stereocenters. The van der Waals surface area contributed by atoms with E-state index >= 15 is 0 Å². The monoisotopic (exact) mass is 278 g/mol. The van der Waals surface area contributed by atoms with Crippen molar-refractivity contribution >= 4 is 5.91 Å². The first kappa shape index (κ1) is 15.0. The molecule has 0 aliphatic carbocycles. The summed E-state index contributed by atoms with van der Waals surface area (Å²) in [6.45, 7) is 5.52. The molecule has 5 nitrogen and oxygen atoms in total. The minimum atomic E-state index is -0.663. The van der Waals surface area contributed by atoms with Crippen LogP contribution in [0.15, 0.2) is 24.3 Å². The molecule has 110 valence electrons. The number of morpholine rings is 1. The Balaban J connectivity index is 1.75. The first-order chi connectivity index (χ1) is 9.65. The molecular formula is C15H22N2O3. The van der Waals surface area contributed by atoms with Crippen molar-refractivity contribution in [1.29, 1.82) is 0 Å². The molecular weight excluding hydrogens is 256 g/mol. The van der Waals surface area contributed by atoms with Crippen LogP contribution in [0, 0.1) is 6.92 Å². The lowest BCUT2D eigenvalue weighted by Crippen LogP contribution is -2.43. The summed E-state index contributed by atoms with van der Waals surface area (Å²) in [5.74, 6) is -0.0568. The average Bonchev–Trinajstić information content (AvgIpc) is 2.46. The topological polar surface area (TPSA) is 61.8 Å². The van der Waals surface area contributed by atoms with Crippen LogP contribution in [0.2, 0.25) is 0 Å². The van der Waals surface area contributed by atoms with E-state index in [1.807, 2.05) is 31.2 Å². The number of nitrogens with one attached hydrogen (secondary N) is 1. The van der Waals surface area contributed by atoms with Crippen LogP contribution in [0.3, 0.4) is 0 Å². The number of aliphatic hydroxyl groups is 1. The lowest BCUT2D eigenvalue weighted by Gasteiger charge is -2.26. The number of aryl methyl sites for hydroxylation is 1. The molecule has 1 aliphatic heterocycles. The molecule has 1 amide bonds. The van der Waals surface area contributed by atoms with Crippen molar-refractivity contribution in [1.82, 2.24) is 10.2 Å². The molecule has 5 heteroatoms. The second-order valence-corrected chi connectivity index (χ2v) is 5.12. The Morgan fingerprint density at radius 1 is 1.45 bits per heavy atom. The van der Waals surface area contributed by atoms with Crippen LogP contribution in [-0.2, 0) is 9.53 Å². The summed E-state index contributed by atoms with van der Waals surface area (Å²) in [4.78, 5) is 13.9. The van der Waals surface area contributed by atoms with Crippen LogP contribution in [-0.4, -0.2) is 55.3 Å². The SMILES string of the molecule is Cc1cccc(C(O)CNC(=O)CN2CCOCC2)c1. The third-order valence-corrected chi connectivity index (χ3v) is 3.39. The zero-order valence-corrected chi connectivity index (χ0v) is 11.8. The van der Waals surface area contributed by atoms with E-state index in [-0.39, 0.29) is 12.5 Å². The molecule has 0 radical (unpaired) electrons. The summed E-state index contributed by atoms with van der Waals surface area (Å²) in [5, 5.41) is 12.8. The fraction of sp³-hybridized carbons (Fsp3) is 0.533. The van der Waals surface area contributed by atoms with Crippen LogP contribution >= 0.6 is 0 Å². The number of ether oxygens (including phenoxy) is 1. The summed E-state index contributed by atoms with van der Waals surface area (Å²) in [6.07, 6.45) is -0.663. The van der Waals surface area contributed by atoms with Gasteiger partial charge in [0.2, 0.25) is 5.91 Å². The number of benzene rings is 1. The fourth-order valence-electron chi connectivity index (χ4n) is 2.22. The summed E-state index contributed by atoms with van der Waals surface area (Å²) in [6, 6.07) is 7.68. The van der Waals surface area contributed by atoms with Gasteiger partial charge in [0.25, 0.3) is 0 Å². The quantitative estimate of drug-likeness (QED) is 0.822. The number of aliphatic hydroxyl groups excluding tert-OH is 1. The van der Waals surface area contributed by atoms with Crippen LogP contribution in [0.25, 0.3) is 0 Å². The lowest BCUT2D eigenvalue weighted by atomic mass is 10.1.